The molecule has 0 fully saturated rings. The van der Waals surface area contributed by atoms with Crippen LogP contribution in [-0.2, 0) is 14.3 Å². The first-order valence-corrected chi connectivity index (χ1v) is 8.09. The maximum Gasteiger partial charge on any atom is 0.573 e. The molecule has 2 aromatic carbocycles. The fraction of sp³-hybridized carbons (Fsp3) is 0.133. The highest BCUT2D eigenvalue weighted by Crippen LogP contribution is 2.27. The number of halogens is 3. The highest BCUT2D eigenvalue weighted by atomic mass is 32.2. The minimum Gasteiger partial charge on any atom is -0.406 e. The van der Waals surface area contributed by atoms with E-state index in [-0.39, 0.29) is 10.6 Å². The van der Waals surface area contributed by atoms with E-state index in [1.54, 1.807) is 6.92 Å². The fourth-order valence-electron chi connectivity index (χ4n) is 1.81. The number of carbonyl (C=O) groups is 1. The molecule has 0 aliphatic carbocycles. The van der Waals surface area contributed by atoms with Crippen molar-refractivity contribution in [1.29, 1.82) is 0 Å². The summed E-state index contributed by atoms with van der Waals surface area (Å²) in [6, 6.07) is 7.94. The highest BCUT2D eigenvalue weighted by Gasteiger charge is 2.32. The monoisotopic (exact) mass is 375 g/mol. The summed E-state index contributed by atoms with van der Waals surface area (Å²) in [5.41, 5.74) is 5.45. The molecule has 0 atom stereocenters. The first kappa shape index (κ1) is 18.6. The predicted molar refractivity (Wildman–Crippen MR) is 81.3 cm³/mol. The van der Waals surface area contributed by atoms with Gasteiger partial charge in [-0.05, 0) is 37.3 Å². The Kier molecular flexibility index (Phi) is 4.93. The summed E-state index contributed by atoms with van der Waals surface area (Å²) in [7, 11) is -4.46. The number of hydrogen-bond acceptors (Lipinski definition) is 6. The first-order chi connectivity index (χ1) is 11.5. The first-order valence-electron chi connectivity index (χ1n) is 6.69. The molecule has 0 aromatic heterocycles. The zero-order valence-corrected chi connectivity index (χ0v) is 13.5. The molecule has 134 valence electrons. The van der Waals surface area contributed by atoms with Gasteiger partial charge < -0.3 is 14.7 Å². The standard InChI is InChI=1S/C15H12F3NO5S/c1-9-2-5-11(6-3-9)25(21,22)24-14(20)12-8-10(4-7-13(12)19)23-15(16,17)18/h2-8H,19H2,1H3. The molecule has 2 rings (SSSR count). The number of alkyl halides is 3. The van der Waals surface area contributed by atoms with Crippen LogP contribution in [0.25, 0.3) is 0 Å². The Morgan fingerprint density at radius 1 is 1.08 bits per heavy atom. The molecule has 0 aliphatic rings. The summed E-state index contributed by atoms with van der Waals surface area (Å²) in [6.07, 6.45) is -4.98. The minimum absolute atomic E-state index is 0.265. The molecule has 2 N–H and O–H groups in total. The van der Waals surface area contributed by atoms with Crippen LogP contribution < -0.4 is 10.5 Å². The second-order valence-corrected chi connectivity index (χ2v) is 6.48. The Morgan fingerprint density at radius 3 is 2.24 bits per heavy atom. The quantitative estimate of drug-likeness (QED) is 0.652. The number of ether oxygens (including phenoxy) is 1. The summed E-state index contributed by atoms with van der Waals surface area (Å²) in [4.78, 5) is 11.7. The van der Waals surface area contributed by atoms with E-state index in [0.29, 0.717) is 6.07 Å². The Bertz CT molecular complexity index is 892. The molecule has 0 radical (unpaired) electrons. The zero-order chi connectivity index (χ0) is 18.8. The van der Waals surface area contributed by atoms with Gasteiger partial charge in [0.1, 0.15) is 10.6 Å². The van der Waals surface area contributed by atoms with Gasteiger partial charge in [-0.25, -0.2) is 4.79 Å². The lowest BCUT2D eigenvalue weighted by atomic mass is 10.2. The molecule has 0 spiro atoms. The Labute approximate surface area is 141 Å². The van der Waals surface area contributed by atoms with Gasteiger partial charge >= 0.3 is 22.4 Å². The largest absolute Gasteiger partial charge is 0.573 e. The van der Waals surface area contributed by atoms with Crippen molar-refractivity contribution < 1.29 is 35.3 Å². The van der Waals surface area contributed by atoms with Gasteiger partial charge in [0.05, 0.1) is 5.56 Å². The third-order valence-electron chi connectivity index (χ3n) is 2.97. The molecule has 6 nitrogen and oxygen atoms in total. The van der Waals surface area contributed by atoms with Crippen molar-refractivity contribution in [2.75, 3.05) is 5.73 Å². The van der Waals surface area contributed by atoms with E-state index in [1.165, 1.54) is 24.3 Å². The molecule has 0 saturated heterocycles. The molecule has 10 heteroatoms. The van der Waals surface area contributed by atoms with Gasteiger partial charge in [-0.2, -0.15) is 8.42 Å². The van der Waals surface area contributed by atoms with Gasteiger partial charge in [0.25, 0.3) is 0 Å². The molecular formula is C15H12F3NO5S. The number of aryl methyl sites for hydroxylation is 1. The van der Waals surface area contributed by atoms with Gasteiger partial charge in [0.2, 0.25) is 0 Å². The summed E-state index contributed by atoms with van der Waals surface area (Å²) in [6.45, 7) is 1.73. The van der Waals surface area contributed by atoms with Crippen LogP contribution in [0, 0.1) is 6.92 Å². The van der Waals surface area contributed by atoms with Gasteiger partial charge in [0, 0.05) is 5.69 Å². The van der Waals surface area contributed by atoms with E-state index in [1.807, 2.05) is 0 Å². The molecule has 0 aliphatic heterocycles. The van der Waals surface area contributed by atoms with Crippen LogP contribution in [0.5, 0.6) is 5.75 Å². The van der Waals surface area contributed by atoms with Gasteiger partial charge in [-0.15, -0.1) is 13.2 Å². The molecule has 0 heterocycles. The molecule has 25 heavy (non-hydrogen) atoms. The lowest BCUT2D eigenvalue weighted by Gasteiger charge is -2.11. The predicted octanol–water partition coefficient (Wildman–Crippen LogP) is 3.02. The molecule has 2 aromatic rings. The van der Waals surface area contributed by atoms with E-state index in [2.05, 4.69) is 8.92 Å². The van der Waals surface area contributed by atoms with E-state index in [0.717, 1.165) is 17.7 Å². The number of nitrogens with two attached hydrogens (primary N) is 1. The Hall–Kier alpha value is -2.75. The van der Waals surface area contributed by atoms with E-state index >= 15 is 0 Å². The molecule has 0 saturated carbocycles. The van der Waals surface area contributed by atoms with E-state index in [4.69, 9.17) is 5.73 Å². The van der Waals surface area contributed by atoms with Crippen LogP contribution >= 0.6 is 0 Å². The lowest BCUT2D eigenvalue weighted by Crippen LogP contribution is -2.18. The van der Waals surface area contributed by atoms with Gasteiger partial charge in [-0.3, -0.25) is 0 Å². The van der Waals surface area contributed by atoms with Crippen LogP contribution in [0.3, 0.4) is 0 Å². The SMILES string of the molecule is Cc1ccc(S(=O)(=O)OC(=O)c2cc(OC(F)(F)F)ccc2N)cc1. The maximum atomic E-state index is 12.2. The van der Waals surface area contributed by atoms with Crippen LogP contribution in [0.4, 0.5) is 18.9 Å². The minimum atomic E-state index is -4.98. The number of hydrogen-bond donors (Lipinski definition) is 1. The lowest BCUT2D eigenvalue weighted by molar-refractivity contribution is -0.274. The Balaban J connectivity index is 2.28. The Morgan fingerprint density at radius 2 is 1.68 bits per heavy atom. The number of anilines is 1. The van der Waals surface area contributed by atoms with Gasteiger partial charge in [-0.1, -0.05) is 17.7 Å². The second kappa shape index (κ2) is 6.63. The summed E-state index contributed by atoms with van der Waals surface area (Å²) >= 11 is 0. The van der Waals surface area contributed by atoms with Crippen LogP contribution in [0.2, 0.25) is 0 Å². The van der Waals surface area contributed by atoms with Crippen LogP contribution in [0.1, 0.15) is 15.9 Å². The van der Waals surface area contributed by atoms with Crippen molar-refractivity contribution in [2.45, 2.75) is 18.2 Å². The number of benzene rings is 2. The molecular weight excluding hydrogens is 363 g/mol. The van der Waals surface area contributed by atoms with Crippen LogP contribution in [0.15, 0.2) is 47.4 Å². The van der Waals surface area contributed by atoms with E-state index < -0.39 is 33.8 Å². The molecule has 0 bridgehead atoms. The average Bonchev–Trinajstić information content (AvgIpc) is 2.47. The van der Waals surface area contributed by atoms with Crippen molar-refractivity contribution in [3.63, 3.8) is 0 Å². The van der Waals surface area contributed by atoms with Crippen LogP contribution in [-0.4, -0.2) is 20.7 Å². The average molecular weight is 375 g/mol. The second-order valence-electron chi connectivity index (χ2n) is 4.93. The highest BCUT2D eigenvalue weighted by molar-refractivity contribution is 7.87. The summed E-state index contributed by atoms with van der Waals surface area (Å²) < 4.78 is 68.9. The van der Waals surface area contributed by atoms with E-state index in [9.17, 15) is 26.4 Å². The van der Waals surface area contributed by atoms with Crippen molar-refractivity contribution in [2.24, 2.45) is 0 Å². The third kappa shape index (κ3) is 4.86. The third-order valence-corrected chi connectivity index (χ3v) is 4.19. The summed E-state index contributed by atoms with van der Waals surface area (Å²) in [5, 5.41) is 0. The van der Waals surface area contributed by atoms with Crippen molar-refractivity contribution in [3.05, 3.63) is 53.6 Å². The normalized spacial score (nSPS) is 11.8. The molecule has 0 unspecified atom stereocenters. The van der Waals surface area contributed by atoms with Crippen molar-refractivity contribution in [3.8, 4) is 5.75 Å². The maximum absolute atomic E-state index is 12.2. The van der Waals surface area contributed by atoms with Gasteiger partial charge in [0.15, 0.2) is 0 Å². The fourth-order valence-corrected chi connectivity index (χ4v) is 2.66. The topological polar surface area (TPSA) is 95.7 Å². The smallest absolute Gasteiger partial charge is 0.406 e. The van der Waals surface area contributed by atoms with Crippen molar-refractivity contribution >= 4 is 21.8 Å². The number of nitrogen functional groups attached to an aromatic ring is 1. The molecule has 0 amide bonds. The zero-order valence-electron chi connectivity index (χ0n) is 12.7. The number of carbonyl (C=O) groups excluding carboxylic acids is 1. The van der Waals surface area contributed by atoms with Crippen molar-refractivity contribution in [1.82, 2.24) is 0 Å². The summed E-state index contributed by atoms with van der Waals surface area (Å²) in [5.74, 6) is -2.16. The number of rotatable bonds is 4.